The van der Waals surface area contributed by atoms with Gasteiger partial charge in [0.15, 0.2) is 0 Å². The van der Waals surface area contributed by atoms with E-state index in [0.717, 1.165) is 12.1 Å². The maximum atomic E-state index is 12.5. The van der Waals surface area contributed by atoms with Crippen LogP contribution in [0.25, 0.3) is 0 Å². The molecule has 118 valence electrons. The predicted octanol–water partition coefficient (Wildman–Crippen LogP) is 1.76. The summed E-state index contributed by atoms with van der Waals surface area (Å²) in [5.41, 5.74) is -0.789. The van der Waals surface area contributed by atoms with Gasteiger partial charge in [-0.15, -0.1) is 0 Å². The lowest BCUT2D eigenvalue weighted by atomic mass is 10.2. The van der Waals surface area contributed by atoms with Gasteiger partial charge in [-0.2, -0.15) is 13.2 Å². The number of rotatable bonds is 6. The minimum absolute atomic E-state index is 0.0300. The number of aliphatic hydroxyl groups excluding tert-OH is 1. The van der Waals surface area contributed by atoms with E-state index in [9.17, 15) is 18.0 Å². The average molecular weight is 306 g/mol. The quantitative estimate of drug-likeness (QED) is 0.701. The summed E-state index contributed by atoms with van der Waals surface area (Å²) in [5, 5.41) is 13.6. The Hall–Kier alpha value is -1.96. The second-order valence-corrected chi connectivity index (χ2v) is 4.36. The number of ether oxygens (including phenoxy) is 1. The van der Waals surface area contributed by atoms with Crippen LogP contribution in [0.4, 0.5) is 18.0 Å². The molecule has 0 aliphatic rings. The second-order valence-electron chi connectivity index (χ2n) is 4.36. The first-order valence-electron chi connectivity index (χ1n) is 6.28. The lowest BCUT2D eigenvalue weighted by Gasteiger charge is -2.13. The maximum Gasteiger partial charge on any atom is 0.416 e. The molecule has 1 atom stereocenters. The molecule has 0 aliphatic heterocycles. The van der Waals surface area contributed by atoms with Crippen molar-refractivity contribution in [2.75, 3.05) is 19.8 Å². The van der Waals surface area contributed by atoms with Gasteiger partial charge in [0, 0.05) is 0 Å². The van der Waals surface area contributed by atoms with E-state index in [4.69, 9.17) is 9.84 Å². The largest absolute Gasteiger partial charge is 0.492 e. The SMILES string of the molecule is CC(CO)NC(=O)NCCOc1cccc(C(F)(F)F)c1. The van der Waals surface area contributed by atoms with Crippen molar-refractivity contribution in [3.8, 4) is 5.75 Å². The highest BCUT2D eigenvalue weighted by Crippen LogP contribution is 2.31. The van der Waals surface area contributed by atoms with Crippen LogP contribution in [-0.2, 0) is 6.18 Å². The van der Waals surface area contributed by atoms with Crippen molar-refractivity contribution in [2.45, 2.75) is 19.1 Å². The summed E-state index contributed by atoms with van der Waals surface area (Å²) >= 11 is 0. The molecule has 5 nitrogen and oxygen atoms in total. The molecule has 21 heavy (non-hydrogen) atoms. The van der Waals surface area contributed by atoms with Gasteiger partial charge in [-0.05, 0) is 25.1 Å². The minimum Gasteiger partial charge on any atom is -0.492 e. The van der Waals surface area contributed by atoms with Crippen LogP contribution in [0.5, 0.6) is 5.75 Å². The number of carbonyl (C=O) groups is 1. The molecule has 0 aliphatic carbocycles. The third-order valence-electron chi connectivity index (χ3n) is 2.47. The number of halogens is 3. The van der Waals surface area contributed by atoms with E-state index in [-0.39, 0.29) is 31.5 Å². The van der Waals surface area contributed by atoms with Crippen LogP contribution < -0.4 is 15.4 Å². The fourth-order valence-electron chi connectivity index (χ4n) is 1.42. The first kappa shape index (κ1) is 17.1. The van der Waals surface area contributed by atoms with Gasteiger partial charge >= 0.3 is 12.2 Å². The van der Waals surface area contributed by atoms with Gasteiger partial charge < -0.3 is 20.5 Å². The molecule has 1 aromatic carbocycles. The molecule has 0 saturated carbocycles. The number of carbonyl (C=O) groups excluding carboxylic acids is 1. The van der Waals surface area contributed by atoms with Gasteiger partial charge in [-0.1, -0.05) is 6.07 Å². The molecule has 0 saturated heterocycles. The number of nitrogens with one attached hydrogen (secondary N) is 2. The lowest BCUT2D eigenvalue weighted by Crippen LogP contribution is -2.43. The summed E-state index contributed by atoms with van der Waals surface area (Å²) in [6.45, 7) is 1.59. The molecule has 3 N–H and O–H groups in total. The highest BCUT2D eigenvalue weighted by Gasteiger charge is 2.30. The molecule has 1 rings (SSSR count). The van der Waals surface area contributed by atoms with E-state index in [1.54, 1.807) is 6.92 Å². The van der Waals surface area contributed by atoms with Crippen LogP contribution in [0.1, 0.15) is 12.5 Å². The van der Waals surface area contributed by atoms with Crippen molar-refractivity contribution in [3.63, 3.8) is 0 Å². The van der Waals surface area contributed by atoms with Crippen molar-refractivity contribution < 1.29 is 27.8 Å². The Labute approximate surface area is 120 Å². The van der Waals surface area contributed by atoms with Gasteiger partial charge in [0.25, 0.3) is 0 Å². The van der Waals surface area contributed by atoms with Gasteiger partial charge in [-0.25, -0.2) is 4.79 Å². The summed E-state index contributed by atoms with van der Waals surface area (Å²) in [6, 6.07) is 3.64. The Bertz CT molecular complexity index is 466. The van der Waals surface area contributed by atoms with E-state index < -0.39 is 17.8 Å². The summed E-state index contributed by atoms with van der Waals surface area (Å²) in [6.07, 6.45) is -4.42. The van der Waals surface area contributed by atoms with E-state index in [1.807, 2.05) is 0 Å². The summed E-state index contributed by atoms with van der Waals surface area (Å²) < 4.78 is 42.6. The molecule has 0 aromatic heterocycles. The number of amides is 2. The number of aliphatic hydroxyl groups is 1. The molecule has 0 heterocycles. The second kappa shape index (κ2) is 7.72. The van der Waals surface area contributed by atoms with Gasteiger partial charge in [0.2, 0.25) is 0 Å². The topological polar surface area (TPSA) is 70.6 Å². The van der Waals surface area contributed by atoms with Gasteiger partial charge in [-0.3, -0.25) is 0 Å². The van der Waals surface area contributed by atoms with Crippen LogP contribution in [0.2, 0.25) is 0 Å². The fourth-order valence-corrected chi connectivity index (χ4v) is 1.42. The normalized spacial score (nSPS) is 12.6. The Balaban J connectivity index is 2.35. The van der Waals surface area contributed by atoms with E-state index in [1.165, 1.54) is 12.1 Å². The van der Waals surface area contributed by atoms with Crippen LogP contribution in [0.3, 0.4) is 0 Å². The molecule has 8 heteroatoms. The van der Waals surface area contributed by atoms with E-state index in [2.05, 4.69) is 10.6 Å². The van der Waals surface area contributed by atoms with Crippen LogP contribution >= 0.6 is 0 Å². The lowest BCUT2D eigenvalue weighted by molar-refractivity contribution is -0.137. The highest BCUT2D eigenvalue weighted by atomic mass is 19.4. The Morgan fingerprint density at radius 3 is 2.76 bits per heavy atom. The van der Waals surface area contributed by atoms with Crippen LogP contribution in [0, 0.1) is 0 Å². The average Bonchev–Trinajstić information content (AvgIpc) is 2.43. The number of alkyl halides is 3. The zero-order valence-electron chi connectivity index (χ0n) is 11.4. The third kappa shape index (κ3) is 6.35. The Morgan fingerprint density at radius 2 is 2.14 bits per heavy atom. The van der Waals surface area contributed by atoms with Crippen molar-refractivity contribution in [1.29, 1.82) is 0 Å². The molecule has 0 fully saturated rings. The fraction of sp³-hybridized carbons (Fsp3) is 0.462. The summed E-state index contributed by atoms with van der Waals surface area (Å²) in [5.74, 6) is 0.0794. The van der Waals surface area contributed by atoms with Gasteiger partial charge in [0.1, 0.15) is 12.4 Å². The molecular weight excluding hydrogens is 289 g/mol. The number of benzene rings is 1. The number of hydrogen-bond acceptors (Lipinski definition) is 3. The third-order valence-corrected chi connectivity index (χ3v) is 2.47. The molecule has 0 bridgehead atoms. The standard InChI is InChI=1S/C13H17F3N2O3/c1-9(8-19)18-12(20)17-5-6-21-11-4-2-3-10(7-11)13(14,15)16/h2-4,7,9,19H,5-6,8H2,1H3,(H2,17,18,20). The Morgan fingerprint density at radius 1 is 1.43 bits per heavy atom. The smallest absolute Gasteiger partial charge is 0.416 e. The maximum absolute atomic E-state index is 12.5. The van der Waals surface area contributed by atoms with E-state index >= 15 is 0 Å². The molecule has 2 amide bonds. The first-order chi connectivity index (χ1) is 9.82. The summed E-state index contributed by atoms with van der Waals surface area (Å²) in [4.78, 5) is 11.3. The van der Waals surface area contributed by atoms with Crippen LogP contribution in [0.15, 0.2) is 24.3 Å². The molecule has 1 aromatic rings. The molecule has 0 spiro atoms. The number of hydrogen-bond donors (Lipinski definition) is 3. The van der Waals surface area contributed by atoms with Crippen molar-refractivity contribution >= 4 is 6.03 Å². The van der Waals surface area contributed by atoms with Gasteiger partial charge in [0.05, 0.1) is 24.8 Å². The van der Waals surface area contributed by atoms with E-state index in [0.29, 0.717) is 0 Å². The zero-order valence-corrected chi connectivity index (χ0v) is 11.4. The molecular formula is C13H17F3N2O3. The molecule has 1 unspecified atom stereocenters. The number of urea groups is 1. The summed E-state index contributed by atoms with van der Waals surface area (Å²) in [7, 11) is 0. The monoisotopic (exact) mass is 306 g/mol. The van der Waals surface area contributed by atoms with Crippen molar-refractivity contribution in [2.24, 2.45) is 0 Å². The van der Waals surface area contributed by atoms with Crippen molar-refractivity contribution in [1.82, 2.24) is 10.6 Å². The highest BCUT2D eigenvalue weighted by molar-refractivity contribution is 5.74. The zero-order chi connectivity index (χ0) is 15.9. The van der Waals surface area contributed by atoms with Crippen molar-refractivity contribution in [3.05, 3.63) is 29.8 Å². The predicted molar refractivity (Wildman–Crippen MR) is 70.0 cm³/mol. The minimum atomic E-state index is -4.42. The molecule has 0 radical (unpaired) electrons. The Kier molecular flexibility index (Phi) is 6.29. The first-order valence-corrected chi connectivity index (χ1v) is 6.28. The van der Waals surface area contributed by atoms with Crippen LogP contribution in [-0.4, -0.2) is 36.9 Å².